The second kappa shape index (κ2) is 3.96. The van der Waals surface area contributed by atoms with Crippen LogP contribution in [0.1, 0.15) is 12.8 Å². The standard InChI is InChI=1S/C13H15N3O/c17-9-13(5-6-13)8-14-12-11-4-2-1-3-10(11)7-15-16-12/h1-4,7,17H,5-6,8-9H2,(H,14,16). The van der Waals surface area contributed by atoms with Crippen LogP contribution in [0.2, 0.25) is 0 Å². The number of anilines is 1. The first-order valence-electron chi connectivity index (χ1n) is 5.88. The van der Waals surface area contributed by atoms with Crippen molar-refractivity contribution in [2.45, 2.75) is 12.8 Å². The van der Waals surface area contributed by atoms with E-state index < -0.39 is 0 Å². The van der Waals surface area contributed by atoms with E-state index in [0.717, 1.165) is 36.0 Å². The average molecular weight is 229 g/mol. The predicted octanol–water partition coefficient (Wildman–Crippen LogP) is 1.81. The fourth-order valence-electron chi connectivity index (χ4n) is 2.00. The summed E-state index contributed by atoms with van der Waals surface area (Å²) in [4.78, 5) is 0. The highest BCUT2D eigenvalue weighted by Crippen LogP contribution is 2.45. The van der Waals surface area contributed by atoms with Crippen molar-refractivity contribution >= 4 is 16.6 Å². The lowest BCUT2D eigenvalue weighted by Gasteiger charge is -2.13. The highest BCUT2D eigenvalue weighted by molar-refractivity contribution is 5.90. The normalized spacial score (nSPS) is 17.0. The third-order valence-corrected chi connectivity index (χ3v) is 3.49. The molecule has 2 N–H and O–H groups in total. The van der Waals surface area contributed by atoms with Gasteiger partial charge in [0, 0.05) is 22.7 Å². The number of hydrogen-bond acceptors (Lipinski definition) is 4. The van der Waals surface area contributed by atoms with Crippen molar-refractivity contribution < 1.29 is 5.11 Å². The number of aliphatic hydroxyl groups is 1. The summed E-state index contributed by atoms with van der Waals surface area (Å²) in [5.41, 5.74) is 0.0820. The monoisotopic (exact) mass is 229 g/mol. The maximum Gasteiger partial charge on any atom is 0.156 e. The Balaban J connectivity index is 1.85. The van der Waals surface area contributed by atoms with E-state index in [0.29, 0.717) is 0 Å². The molecule has 1 fully saturated rings. The summed E-state index contributed by atoms with van der Waals surface area (Å²) in [5.74, 6) is 0.808. The van der Waals surface area contributed by atoms with Crippen molar-refractivity contribution in [3.63, 3.8) is 0 Å². The minimum absolute atomic E-state index is 0.0820. The summed E-state index contributed by atoms with van der Waals surface area (Å²) in [5, 5.41) is 22.9. The minimum Gasteiger partial charge on any atom is -0.396 e. The Kier molecular flexibility index (Phi) is 2.44. The maximum absolute atomic E-state index is 9.27. The van der Waals surface area contributed by atoms with Gasteiger partial charge in [0.2, 0.25) is 0 Å². The van der Waals surface area contributed by atoms with Crippen molar-refractivity contribution in [2.24, 2.45) is 5.41 Å². The van der Waals surface area contributed by atoms with Gasteiger partial charge in [-0.2, -0.15) is 5.10 Å². The number of fused-ring (bicyclic) bond motifs is 1. The Morgan fingerprint density at radius 3 is 2.88 bits per heavy atom. The molecule has 0 aliphatic heterocycles. The van der Waals surface area contributed by atoms with E-state index in [1.165, 1.54) is 0 Å². The first-order valence-corrected chi connectivity index (χ1v) is 5.88. The Bertz CT molecular complexity index is 532. The maximum atomic E-state index is 9.27. The molecule has 1 aliphatic rings. The Morgan fingerprint density at radius 1 is 1.29 bits per heavy atom. The van der Waals surface area contributed by atoms with Crippen LogP contribution in [0.5, 0.6) is 0 Å². The summed E-state index contributed by atoms with van der Waals surface area (Å²) in [6, 6.07) is 8.04. The van der Waals surface area contributed by atoms with Crippen molar-refractivity contribution in [2.75, 3.05) is 18.5 Å². The van der Waals surface area contributed by atoms with Gasteiger partial charge in [0.1, 0.15) is 0 Å². The first kappa shape index (κ1) is 10.5. The van der Waals surface area contributed by atoms with Crippen molar-refractivity contribution in [3.05, 3.63) is 30.5 Å². The molecule has 0 unspecified atom stereocenters. The van der Waals surface area contributed by atoms with Crippen LogP contribution in [0.25, 0.3) is 10.8 Å². The van der Waals surface area contributed by atoms with E-state index >= 15 is 0 Å². The summed E-state index contributed by atoms with van der Waals surface area (Å²) < 4.78 is 0. The van der Waals surface area contributed by atoms with Crippen LogP contribution in [-0.4, -0.2) is 28.5 Å². The number of benzene rings is 1. The first-order chi connectivity index (χ1) is 8.33. The van der Waals surface area contributed by atoms with E-state index in [2.05, 4.69) is 15.5 Å². The Morgan fingerprint density at radius 2 is 2.12 bits per heavy atom. The zero-order chi connectivity index (χ0) is 11.7. The molecular formula is C13H15N3O. The molecule has 1 aromatic carbocycles. The lowest BCUT2D eigenvalue weighted by molar-refractivity contribution is 0.219. The third kappa shape index (κ3) is 1.96. The third-order valence-electron chi connectivity index (χ3n) is 3.49. The van der Waals surface area contributed by atoms with Crippen LogP contribution in [0.3, 0.4) is 0 Å². The summed E-state index contributed by atoms with van der Waals surface area (Å²) >= 11 is 0. The molecule has 1 aliphatic carbocycles. The molecule has 0 bridgehead atoms. The zero-order valence-corrected chi connectivity index (χ0v) is 9.56. The summed E-state index contributed by atoms with van der Waals surface area (Å²) in [6.07, 6.45) is 3.95. The van der Waals surface area contributed by atoms with Crippen molar-refractivity contribution in [3.8, 4) is 0 Å². The lowest BCUT2D eigenvalue weighted by atomic mass is 10.1. The van der Waals surface area contributed by atoms with Gasteiger partial charge in [0.15, 0.2) is 5.82 Å². The van der Waals surface area contributed by atoms with Crippen molar-refractivity contribution in [1.29, 1.82) is 0 Å². The zero-order valence-electron chi connectivity index (χ0n) is 9.56. The van der Waals surface area contributed by atoms with Crippen LogP contribution in [0.4, 0.5) is 5.82 Å². The molecule has 17 heavy (non-hydrogen) atoms. The quantitative estimate of drug-likeness (QED) is 0.839. The highest BCUT2D eigenvalue weighted by Gasteiger charge is 2.41. The van der Waals surface area contributed by atoms with Gasteiger partial charge in [-0.25, -0.2) is 0 Å². The number of aromatic nitrogens is 2. The second-order valence-electron chi connectivity index (χ2n) is 4.79. The molecule has 2 aromatic rings. The number of nitrogens with zero attached hydrogens (tertiary/aromatic N) is 2. The topological polar surface area (TPSA) is 58.0 Å². The van der Waals surface area contributed by atoms with E-state index in [1.54, 1.807) is 6.20 Å². The van der Waals surface area contributed by atoms with Crippen LogP contribution in [-0.2, 0) is 0 Å². The second-order valence-corrected chi connectivity index (χ2v) is 4.79. The number of aliphatic hydroxyl groups excluding tert-OH is 1. The minimum atomic E-state index is 0.0820. The molecule has 1 aromatic heterocycles. The molecule has 0 amide bonds. The predicted molar refractivity (Wildman–Crippen MR) is 66.8 cm³/mol. The Hall–Kier alpha value is -1.68. The Labute approximate surface area is 99.7 Å². The molecule has 4 nitrogen and oxygen atoms in total. The van der Waals surface area contributed by atoms with E-state index in [-0.39, 0.29) is 12.0 Å². The molecule has 0 saturated heterocycles. The smallest absolute Gasteiger partial charge is 0.156 e. The van der Waals surface area contributed by atoms with Crippen LogP contribution in [0.15, 0.2) is 30.5 Å². The van der Waals surface area contributed by atoms with Crippen LogP contribution < -0.4 is 5.32 Å². The SMILES string of the molecule is OCC1(CNc2nncc3ccccc23)CC1. The van der Waals surface area contributed by atoms with Gasteiger partial charge in [-0.15, -0.1) is 5.10 Å². The molecule has 4 heteroatoms. The lowest BCUT2D eigenvalue weighted by Crippen LogP contribution is -2.19. The summed E-state index contributed by atoms with van der Waals surface area (Å²) in [7, 11) is 0. The van der Waals surface area contributed by atoms with Gasteiger partial charge >= 0.3 is 0 Å². The van der Waals surface area contributed by atoms with Crippen LogP contribution in [0, 0.1) is 5.41 Å². The van der Waals surface area contributed by atoms with E-state index in [9.17, 15) is 5.11 Å². The number of hydrogen-bond donors (Lipinski definition) is 2. The largest absolute Gasteiger partial charge is 0.396 e. The average Bonchev–Trinajstić information content (AvgIpc) is 3.17. The molecule has 0 atom stereocenters. The van der Waals surface area contributed by atoms with Gasteiger partial charge in [-0.3, -0.25) is 0 Å². The van der Waals surface area contributed by atoms with E-state index in [4.69, 9.17) is 0 Å². The molecular weight excluding hydrogens is 214 g/mol. The fourth-order valence-corrected chi connectivity index (χ4v) is 2.00. The van der Waals surface area contributed by atoms with Gasteiger partial charge in [0.25, 0.3) is 0 Å². The van der Waals surface area contributed by atoms with Gasteiger partial charge < -0.3 is 10.4 Å². The van der Waals surface area contributed by atoms with Crippen molar-refractivity contribution in [1.82, 2.24) is 10.2 Å². The van der Waals surface area contributed by atoms with E-state index in [1.807, 2.05) is 24.3 Å². The molecule has 1 heterocycles. The molecule has 0 radical (unpaired) electrons. The number of rotatable bonds is 4. The fraction of sp³-hybridized carbons (Fsp3) is 0.385. The molecule has 1 saturated carbocycles. The van der Waals surface area contributed by atoms with Gasteiger partial charge in [0.05, 0.1) is 12.8 Å². The highest BCUT2D eigenvalue weighted by atomic mass is 16.3. The van der Waals surface area contributed by atoms with Gasteiger partial charge in [-0.1, -0.05) is 24.3 Å². The molecule has 88 valence electrons. The molecule has 3 rings (SSSR count). The van der Waals surface area contributed by atoms with Crippen LogP contribution >= 0.6 is 0 Å². The van der Waals surface area contributed by atoms with Gasteiger partial charge in [-0.05, 0) is 12.8 Å². The molecule has 0 spiro atoms. The number of nitrogens with one attached hydrogen (secondary N) is 1. The summed E-state index contributed by atoms with van der Waals surface area (Å²) in [6.45, 7) is 1.02.